The fourth-order valence-electron chi connectivity index (χ4n) is 8.46. The van der Waals surface area contributed by atoms with Gasteiger partial charge in [-0.2, -0.15) is 0 Å². The summed E-state index contributed by atoms with van der Waals surface area (Å²) >= 11 is -5.74. The van der Waals surface area contributed by atoms with Gasteiger partial charge in [-0.25, -0.2) is 0 Å². The molecule has 0 aliphatic heterocycles. The fraction of sp³-hybridized carbons (Fsp3) is 0.590. The average Bonchev–Trinajstić information content (AvgIpc) is 3.37. The molecule has 224 valence electrons. The zero-order chi connectivity index (χ0) is 31.0. The molecule has 2 heteroatoms. The summed E-state index contributed by atoms with van der Waals surface area (Å²) in [5.74, 6) is 2.24. The number of allylic oxidation sites excluding steroid dienone is 2. The van der Waals surface area contributed by atoms with Gasteiger partial charge in [0.1, 0.15) is 0 Å². The van der Waals surface area contributed by atoms with Crippen LogP contribution in [0.5, 0.6) is 0 Å². The fourth-order valence-corrected chi connectivity index (χ4v) is 55.4. The minimum absolute atomic E-state index is 0.448. The maximum atomic E-state index is 2.83. The third kappa shape index (κ3) is 5.45. The Morgan fingerprint density at radius 1 is 0.537 bits per heavy atom. The van der Waals surface area contributed by atoms with Crippen LogP contribution in [0.2, 0.25) is 19.4 Å². The SMILES string of the molecule is CC1=Cc2c(C(C)C)cc(C(C)C)cc2[CH]1[Zr]([CH3])([CH3])[C](C)(C)[Zr]([CH3])([CH3])[CH]1C(C)=Cc2c(C(C)C)cc(C(C)C)cc21. The van der Waals surface area contributed by atoms with E-state index in [0.29, 0.717) is 31.8 Å². The van der Waals surface area contributed by atoms with Crippen molar-refractivity contribution in [1.82, 2.24) is 0 Å². The summed E-state index contributed by atoms with van der Waals surface area (Å²) in [7, 11) is 0. The Morgan fingerprint density at radius 3 is 1.12 bits per heavy atom. The van der Waals surface area contributed by atoms with E-state index in [0.717, 1.165) is 0 Å². The van der Waals surface area contributed by atoms with E-state index in [1.807, 2.05) is 0 Å². The maximum absolute atomic E-state index is 2.87. The molecule has 2 aliphatic carbocycles. The summed E-state index contributed by atoms with van der Waals surface area (Å²) < 4.78 is 13.1. The first-order valence-electron chi connectivity index (χ1n) is 16.5. The second kappa shape index (κ2) is 11.6. The van der Waals surface area contributed by atoms with Gasteiger partial charge in [-0.1, -0.05) is 0 Å². The molecule has 41 heavy (non-hydrogen) atoms. The van der Waals surface area contributed by atoms with Gasteiger partial charge in [0.15, 0.2) is 0 Å². The Morgan fingerprint density at radius 2 is 0.854 bits per heavy atom. The summed E-state index contributed by atoms with van der Waals surface area (Å²) in [6, 6.07) is 10.3. The van der Waals surface area contributed by atoms with Gasteiger partial charge in [0.25, 0.3) is 0 Å². The molecule has 0 saturated heterocycles. The van der Waals surface area contributed by atoms with Crippen LogP contribution in [-0.2, 0) is 40.5 Å². The first kappa shape index (κ1) is 33.6. The van der Waals surface area contributed by atoms with E-state index in [1.165, 1.54) is 11.1 Å². The molecule has 0 spiro atoms. The second-order valence-electron chi connectivity index (χ2n) is 16.6. The van der Waals surface area contributed by atoms with Crippen LogP contribution in [0.1, 0.15) is 159 Å². The number of benzene rings is 2. The van der Waals surface area contributed by atoms with E-state index >= 15 is 0 Å². The molecule has 0 fully saturated rings. The van der Waals surface area contributed by atoms with Crippen LogP contribution in [0.25, 0.3) is 12.2 Å². The van der Waals surface area contributed by atoms with Crippen molar-refractivity contribution in [2.24, 2.45) is 0 Å². The molecule has 2 aliphatic rings. The van der Waals surface area contributed by atoms with Crippen molar-refractivity contribution < 1.29 is 40.5 Å². The van der Waals surface area contributed by atoms with Gasteiger partial charge in [0.2, 0.25) is 0 Å². The van der Waals surface area contributed by atoms with Crippen molar-refractivity contribution in [3.05, 3.63) is 79.9 Å². The van der Waals surface area contributed by atoms with Crippen LogP contribution in [0.4, 0.5) is 0 Å². The van der Waals surface area contributed by atoms with Crippen LogP contribution in [0, 0.1) is 0 Å². The third-order valence-electron chi connectivity index (χ3n) is 12.1. The predicted octanol–water partition coefficient (Wildman–Crippen LogP) is 13.5. The van der Waals surface area contributed by atoms with Crippen molar-refractivity contribution in [2.75, 3.05) is 0 Å². The molecule has 2 atom stereocenters. The van der Waals surface area contributed by atoms with Gasteiger partial charge in [-0.15, -0.1) is 0 Å². The molecule has 4 rings (SSSR count). The van der Waals surface area contributed by atoms with Gasteiger partial charge < -0.3 is 0 Å². The quantitative estimate of drug-likeness (QED) is 0.256. The summed E-state index contributed by atoms with van der Waals surface area (Å²) in [6.07, 6.45) is 5.22. The summed E-state index contributed by atoms with van der Waals surface area (Å²) in [5.41, 5.74) is 16.1. The van der Waals surface area contributed by atoms with E-state index in [-0.39, 0.29) is 0 Å². The molecule has 0 nitrogen and oxygen atoms in total. The van der Waals surface area contributed by atoms with Crippen molar-refractivity contribution in [1.29, 1.82) is 0 Å². The van der Waals surface area contributed by atoms with Crippen LogP contribution >= 0.6 is 0 Å². The van der Waals surface area contributed by atoms with Crippen LogP contribution in [0.15, 0.2) is 35.4 Å². The minimum atomic E-state index is -2.87. The third-order valence-corrected chi connectivity index (χ3v) is 57.5. The van der Waals surface area contributed by atoms with Crippen molar-refractivity contribution in [3.8, 4) is 0 Å². The zero-order valence-electron chi connectivity index (χ0n) is 29.4. The van der Waals surface area contributed by atoms with Crippen molar-refractivity contribution in [3.63, 3.8) is 0 Å². The molecule has 0 saturated carbocycles. The molecule has 2 unspecified atom stereocenters. The molecular weight excluding hydrogens is 651 g/mol. The van der Waals surface area contributed by atoms with E-state index in [4.69, 9.17) is 0 Å². The van der Waals surface area contributed by atoms with Gasteiger partial charge in [0.05, 0.1) is 0 Å². The first-order chi connectivity index (χ1) is 18.7. The molecule has 0 N–H and O–H groups in total. The predicted molar refractivity (Wildman–Crippen MR) is 180 cm³/mol. The van der Waals surface area contributed by atoms with Gasteiger partial charge in [-0.3, -0.25) is 0 Å². The summed E-state index contributed by atoms with van der Waals surface area (Å²) in [6.45, 7) is 29.5. The molecule has 0 amide bonds. The van der Waals surface area contributed by atoms with E-state index in [9.17, 15) is 0 Å². The Labute approximate surface area is 263 Å². The van der Waals surface area contributed by atoms with E-state index < -0.39 is 40.5 Å². The molecule has 0 bridgehead atoms. The van der Waals surface area contributed by atoms with Crippen LogP contribution in [0.3, 0.4) is 0 Å². The first-order valence-corrected chi connectivity index (χ1v) is 31.6. The molecule has 2 aromatic carbocycles. The molecule has 0 heterocycles. The second-order valence-corrected chi connectivity index (χ2v) is 45.5. The average molecular weight is 711 g/mol. The monoisotopic (exact) mass is 708 g/mol. The van der Waals surface area contributed by atoms with E-state index in [1.54, 1.807) is 44.5 Å². The standard InChI is InChI=1S/2C16H21.C3H6.4CH3.2Zr/c2*1-10(2)13-8-14-6-12(5)7-16(14)15(9-13)11(3)4;1-3-2;;;;;;/h2*6-11H,1-5H3;1-2H3;4*1H3;;. The van der Waals surface area contributed by atoms with Gasteiger partial charge >= 0.3 is 266 Å². The normalized spacial score (nSPS) is 19.4. The molecule has 0 aromatic heterocycles. The summed E-state index contributed by atoms with van der Waals surface area (Å²) in [4.78, 5) is 0. The zero-order valence-corrected chi connectivity index (χ0v) is 34.3. The van der Waals surface area contributed by atoms with Gasteiger partial charge in [0, 0.05) is 0 Å². The number of hydrogen-bond acceptors (Lipinski definition) is 0. The van der Waals surface area contributed by atoms with Crippen LogP contribution in [-0.4, -0.2) is 0 Å². The molecular formula is C39H60Zr2. The Hall–Kier alpha value is -0.314. The Bertz CT molecular complexity index is 1290. The molecule has 0 radical (unpaired) electrons. The van der Waals surface area contributed by atoms with Gasteiger partial charge in [-0.05, 0) is 0 Å². The van der Waals surface area contributed by atoms with Crippen molar-refractivity contribution in [2.45, 2.75) is 133 Å². The van der Waals surface area contributed by atoms with Crippen molar-refractivity contribution >= 4 is 12.2 Å². The number of fused-ring (bicyclic) bond motifs is 2. The Balaban J connectivity index is 1.88. The number of rotatable bonds is 8. The van der Waals surface area contributed by atoms with E-state index in [2.05, 4.69) is 138 Å². The number of hydrogen-bond donors (Lipinski definition) is 0. The summed E-state index contributed by atoms with van der Waals surface area (Å²) in [5, 5.41) is 0. The van der Waals surface area contributed by atoms with Crippen LogP contribution < -0.4 is 0 Å². The molecule has 2 aromatic rings. The Kier molecular flexibility index (Phi) is 9.47. The topological polar surface area (TPSA) is 0 Å².